The predicted octanol–water partition coefficient (Wildman–Crippen LogP) is 1.08. The molecule has 1 atom stereocenters. The summed E-state index contributed by atoms with van der Waals surface area (Å²) in [6.07, 6.45) is 0.161. The summed E-state index contributed by atoms with van der Waals surface area (Å²) in [5.74, 6) is -2.25. The van der Waals surface area contributed by atoms with Crippen molar-refractivity contribution in [3.8, 4) is 0 Å². The molecule has 9 heteroatoms. The Morgan fingerprint density at radius 2 is 2.10 bits per heavy atom. The smallest absolute Gasteiger partial charge is 0.311 e. The first-order valence-corrected chi connectivity index (χ1v) is 7.17. The number of rotatable bonds is 6. The molecule has 0 spiro atoms. The van der Waals surface area contributed by atoms with Crippen LogP contribution in [0.25, 0.3) is 0 Å². The number of benzene rings is 1. The van der Waals surface area contributed by atoms with Crippen molar-refractivity contribution in [2.75, 3.05) is 7.05 Å². The van der Waals surface area contributed by atoms with Crippen molar-refractivity contribution in [2.24, 2.45) is 0 Å². The number of carboxylic acid groups (broad SMARTS) is 1. The number of hydrogen-bond acceptors (Lipinski definition) is 5. The van der Waals surface area contributed by atoms with Crippen LogP contribution >= 0.6 is 0 Å². The molecular weight excluding hydrogens is 288 g/mol. The van der Waals surface area contributed by atoms with Crippen LogP contribution < -0.4 is 4.72 Å². The number of carbonyl (C=O) groups is 1. The minimum Gasteiger partial charge on any atom is -0.481 e. The molecule has 0 aliphatic rings. The molecule has 0 saturated heterocycles. The first-order valence-electron chi connectivity index (χ1n) is 5.69. The molecule has 2 N–H and O–H groups in total. The zero-order valence-corrected chi connectivity index (χ0v) is 11.7. The molecule has 0 radical (unpaired) electrons. The first-order chi connectivity index (χ1) is 9.24. The van der Waals surface area contributed by atoms with E-state index < -0.39 is 32.5 Å². The molecule has 110 valence electrons. The van der Waals surface area contributed by atoms with Gasteiger partial charge < -0.3 is 5.11 Å². The lowest BCUT2D eigenvalue weighted by atomic mass is 9.95. The van der Waals surface area contributed by atoms with E-state index in [1.54, 1.807) is 6.92 Å². The predicted molar refractivity (Wildman–Crippen MR) is 70.0 cm³/mol. The van der Waals surface area contributed by atoms with Gasteiger partial charge in [0.2, 0.25) is 10.0 Å². The number of nitrogens with one attached hydrogen (secondary N) is 1. The maximum atomic E-state index is 11.6. The van der Waals surface area contributed by atoms with Crippen LogP contribution in [0.4, 0.5) is 5.69 Å². The van der Waals surface area contributed by atoms with E-state index >= 15 is 0 Å². The third-order valence-corrected chi connectivity index (χ3v) is 4.27. The first kappa shape index (κ1) is 16.1. The van der Waals surface area contributed by atoms with Crippen molar-refractivity contribution < 1.29 is 23.2 Å². The quantitative estimate of drug-likeness (QED) is 0.598. The number of sulfonamides is 1. The van der Waals surface area contributed by atoms with Gasteiger partial charge in [-0.15, -0.1) is 0 Å². The number of hydrogen-bond donors (Lipinski definition) is 2. The van der Waals surface area contributed by atoms with Gasteiger partial charge in [0.1, 0.15) is 0 Å². The Labute approximate surface area is 115 Å². The van der Waals surface area contributed by atoms with E-state index in [-0.39, 0.29) is 16.9 Å². The van der Waals surface area contributed by atoms with E-state index in [1.807, 2.05) is 4.72 Å². The number of nitro groups is 1. The molecular formula is C11H14N2O6S. The minimum atomic E-state index is -3.83. The maximum Gasteiger partial charge on any atom is 0.311 e. The van der Waals surface area contributed by atoms with Crippen molar-refractivity contribution in [2.45, 2.75) is 24.2 Å². The normalized spacial score (nSPS) is 12.9. The second kappa shape index (κ2) is 5.97. The highest BCUT2D eigenvalue weighted by Gasteiger charge is 2.28. The molecule has 1 rings (SSSR count). The summed E-state index contributed by atoms with van der Waals surface area (Å²) in [5.41, 5.74) is -0.532. The monoisotopic (exact) mass is 302 g/mol. The summed E-state index contributed by atoms with van der Waals surface area (Å²) in [6.45, 7) is 1.58. The Balaban J connectivity index is 3.50. The molecule has 0 aromatic heterocycles. The Kier molecular flexibility index (Phi) is 4.79. The topological polar surface area (TPSA) is 127 Å². The molecule has 0 heterocycles. The van der Waals surface area contributed by atoms with Crippen molar-refractivity contribution in [1.82, 2.24) is 4.72 Å². The van der Waals surface area contributed by atoms with E-state index in [9.17, 15) is 23.3 Å². The lowest BCUT2D eigenvalue weighted by Gasteiger charge is -2.11. The van der Waals surface area contributed by atoms with Crippen molar-refractivity contribution in [3.05, 3.63) is 33.9 Å². The Morgan fingerprint density at radius 1 is 1.50 bits per heavy atom. The van der Waals surface area contributed by atoms with Gasteiger partial charge in [-0.05, 0) is 25.6 Å². The van der Waals surface area contributed by atoms with Crippen molar-refractivity contribution >= 4 is 21.7 Å². The maximum absolute atomic E-state index is 11.6. The van der Waals surface area contributed by atoms with Gasteiger partial charge in [0.05, 0.1) is 15.7 Å². The number of carboxylic acids is 1. The van der Waals surface area contributed by atoms with Crippen LogP contribution in [0.3, 0.4) is 0 Å². The number of nitrogens with zero attached hydrogens (tertiary/aromatic N) is 1. The number of nitro benzene ring substituents is 1. The molecule has 8 nitrogen and oxygen atoms in total. The van der Waals surface area contributed by atoms with Crippen LogP contribution in [-0.4, -0.2) is 31.5 Å². The van der Waals surface area contributed by atoms with Crippen molar-refractivity contribution in [1.29, 1.82) is 0 Å². The Bertz CT molecular complexity index is 640. The van der Waals surface area contributed by atoms with Gasteiger partial charge in [0.25, 0.3) is 5.69 Å². The molecule has 0 fully saturated rings. The van der Waals surface area contributed by atoms with Crippen LogP contribution in [0.1, 0.15) is 24.8 Å². The number of aliphatic carboxylic acids is 1. The van der Waals surface area contributed by atoms with Gasteiger partial charge in [-0.25, -0.2) is 13.1 Å². The summed E-state index contributed by atoms with van der Waals surface area (Å²) in [5, 5.41) is 20.1. The molecule has 0 saturated carbocycles. The second-order valence-corrected chi connectivity index (χ2v) is 5.87. The summed E-state index contributed by atoms with van der Waals surface area (Å²) in [6, 6.07) is 3.19. The fourth-order valence-electron chi connectivity index (χ4n) is 1.79. The van der Waals surface area contributed by atoms with Gasteiger partial charge >= 0.3 is 5.97 Å². The van der Waals surface area contributed by atoms with E-state index in [0.717, 1.165) is 12.1 Å². The molecule has 1 aromatic carbocycles. The van der Waals surface area contributed by atoms with Crippen LogP contribution in [0.2, 0.25) is 0 Å². The molecule has 0 bridgehead atoms. The van der Waals surface area contributed by atoms with Gasteiger partial charge in [-0.2, -0.15) is 0 Å². The molecule has 1 aromatic rings. The van der Waals surface area contributed by atoms with Crippen LogP contribution in [0, 0.1) is 10.1 Å². The third kappa shape index (κ3) is 3.11. The zero-order chi connectivity index (χ0) is 15.5. The van der Waals surface area contributed by atoms with E-state index in [2.05, 4.69) is 0 Å². The molecule has 0 aliphatic carbocycles. The lowest BCUT2D eigenvalue weighted by molar-refractivity contribution is -0.385. The largest absolute Gasteiger partial charge is 0.481 e. The minimum absolute atomic E-state index is 0.0138. The Hall–Kier alpha value is -2.00. The summed E-state index contributed by atoms with van der Waals surface area (Å²) in [4.78, 5) is 21.1. The van der Waals surface area contributed by atoms with Crippen LogP contribution in [0.5, 0.6) is 0 Å². The fraction of sp³-hybridized carbons (Fsp3) is 0.364. The summed E-state index contributed by atoms with van der Waals surface area (Å²) < 4.78 is 25.3. The van der Waals surface area contributed by atoms with E-state index in [1.165, 1.54) is 13.1 Å². The average Bonchev–Trinajstić information content (AvgIpc) is 2.39. The van der Waals surface area contributed by atoms with Gasteiger partial charge in [0, 0.05) is 11.6 Å². The third-order valence-electron chi connectivity index (χ3n) is 2.86. The van der Waals surface area contributed by atoms with Crippen molar-refractivity contribution in [3.63, 3.8) is 0 Å². The Morgan fingerprint density at radius 3 is 2.50 bits per heavy atom. The zero-order valence-electron chi connectivity index (χ0n) is 10.9. The van der Waals surface area contributed by atoms with Crippen LogP contribution in [0.15, 0.2) is 23.1 Å². The van der Waals surface area contributed by atoms with Gasteiger partial charge in [0.15, 0.2) is 0 Å². The molecule has 0 aliphatic heterocycles. The molecule has 20 heavy (non-hydrogen) atoms. The lowest BCUT2D eigenvalue weighted by Crippen LogP contribution is -2.19. The average molecular weight is 302 g/mol. The highest BCUT2D eigenvalue weighted by molar-refractivity contribution is 7.89. The standard InChI is InChI=1S/C11H14N2O6S/c1-3-8(11(14)15)9-5-4-7(20(18,19)12-2)6-10(9)13(16)17/h4-6,8,12H,3H2,1-2H3,(H,14,15). The fourth-order valence-corrected chi connectivity index (χ4v) is 2.54. The molecule has 1 unspecified atom stereocenters. The summed E-state index contributed by atoms with van der Waals surface area (Å²) >= 11 is 0. The summed E-state index contributed by atoms with van der Waals surface area (Å²) in [7, 11) is -2.64. The van der Waals surface area contributed by atoms with E-state index in [0.29, 0.717) is 0 Å². The van der Waals surface area contributed by atoms with Gasteiger partial charge in [-0.1, -0.05) is 6.92 Å². The van der Waals surface area contributed by atoms with Gasteiger partial charge in [-0.3, -0.25) is 14.9 Å². The molecule has 0 amide bonds. The highest BCUT2D eigenvalue weighted by Crippen LogP contribution is 2.31. The SMILES string of the molecule is CCC(C(=O)O)c1ccc(S(=O)(=O)NC)cc1[N+](=O)[O-]. The van der Waals surface area contributed by atoms with Crippen LogP contribution in [-0.2, 0) is 14.8 Å². The van der Waals surface area contributed by atoms with E-state index in [4.69, 9.17) is 5.11 Å². The second-order valence-electron chi connectivity index (χ2n) is 3.98. The highest BCUT2D eigenvalue weighted by atomic mass is 32.2.